The summed E-state index contributed by atoms with van der Waals surface area (Å²) >= 11 is 0. The zero-order valence-electron chi connectivity index (χ0n) is 11.1. The van der Waals surface area contributed by atoms with Gasteiger partial charge in [0.2, 0.25) is 0 Å². The lowest BCUT2D eigenvalue weighted by Crippen LogP contribution is -2.29. The molecular weight excluding hydrogens is 228 g/mol. The van der Waals surface area contributed by atoms with Crippen LogP contribution in [0, 0.1) is 0 Å². The molecule has 0 heterocycles. The van der Waals surface area contributed by atoms with E-state index >= 15 is 0 Å². The fourth-order valence-corrected chi connectivity index (χ4v) is 1.59. The number of hydrogen-bond acceptors (Lipinski definition) is 3. The van der Waals surface area contributed by atoms with Crippen molar-refractivity contribution in [3.63, 3.8) is 0 Å². The highest BCUT2D eigenvalue weighted by molar-refractivity contribution is 5.77. The maximum absolute atomic E-state index is 11.5. The molecule has 0 aliphatic rings. The SMILES string of the molecule is CCCCNC(=O)COc1ccccc1[C@H](C)N. The van der Waals surface area contributed by atoms with E-state index in [0.29, 0.717) is 12.3 Å². The van der Waals surface area contributed by atoms with Gasteiger partial charge in [-0.15, -0.1) is 0 Å². The quantitative estimate of drug-likeness (QED) is 0.727. The zero-order chi connectivity index (χ0) is 13.4. The molecule has 3 N–H and O–H groups in total. The molecule has 0 aliphatic heterocycles. The highest BCUT2D eigenvalue weighted by Gasteiger charge is 2.08. The monoisotopic (exact) mass is 250 g/mol. The van der Waals surface area contributed by atoms with Gasteiger partial charge in [-0.1, -0.05) is 31.5 Å². The molecule has 0 saturated carbocycles. The van der Waals surface area contributed by atoms with Crippen LogP contribution in [0.1, 0.15) is 38.3 Å². The minimum Gasteiger partial charge on any atom is -0.483 e. The fraction of sp³-hybridized carbons (Fsp3) is 0.500. The summed E-state index contributed by atoms with van der Waals surface area (Å²) in [6.45, 7) is 4.71. The van der Waals surface area contributed by atoms with E-state index in [0.717, 1.165) is 18.4 Å². The minimum absolute atomic E-state index is 0.0352. The van der Waals surface area contributed by atoms with Crippen LogP contribution in [0.25, 0.3) is 0 Å². The van der Waals surface area contributed by atoms with Gasteiger partial charge in [0.25, 0.3) is 5.91 Å². The maximum atomic E-state index is 11.5. The molecule has 0 aliphatic carbocycles. The van der Waals surface area contributed by atoms with E-state index in [1.165, 1.54) is 0 Å². The number of hydrogen-bond donors (Lipinski definition) is 2. The summed E-state index contributed by atoms with van der Waals surface area (Å²) in [6.07, 6.45) is 2.05. The van der Waals surface area contributed by atoms with Crippen LogP contribution in [-0.4, -0.2) is 19.1 Å². The molecule has 0 radical (unpaired) electrons. The van der Waals surface area contributed by atoms with E-state index in [2.05, 4.69) is 12.2 Å². The van der Waals surface area contributed by atoms with Gasteiger partial charge in [0.15, 0.2) is 6.61 Å². The molecule has 1 aromatic carbocycles. The van der Waals surface area contributed by atoms with Crippen LogP contribution in [0.5, 0.6) is 5.75 Å². The largest absolute Gasteiger partial charge is 0.483 e. The summed E-state index contributed by atoms with van der Waals surface area (Å²) < 4.78 is 5.50. The van der Waals surface area contributed by atoms with E-state index in [1.807, 2.05) is 31.2 Å². The van der Waals surface area contributed by atoms with Crippen molar-refractivity contribution in [2.24, 2.45) is 5.73 Å². The maximum Gasteiger partial charge on any atom is 0.257 e. The summed E-state index contributed by atoms with van der Waals surface area (Å²) in [5.74, 6) is 0.584. The molecular formula is C14H22N2O2. The lowest BCUT2D eigenvalue weighted by atomic mass is 10.1. The van der Waals surface area contributed by atoms with E-state index in [4.69, 9.17) is 10.5 Å². The molecule has 1 rings (SSSR count). The van der Waals surface area contributed by atoms with Crippen LogP contribution in [0.4, 0.5) is 0 Å². The van der Waals surface area contributed by atoms with Gasteiger partial charge in [-0.05, 0) is 19.4 Å². The van der Waals surface area contributed by atoms with Gasteiger partial charge in [-0.2, -0.15) is 0 Å². The fourth-order valence-electron chi connectivity index (χ4n) is 1.59. The van der Waals surface area contributed by atoms with Crippen molar-refractivity contribution in [2.45, 2.75) is 32.7 Å². The van der Waals surface area contributed by atoms with Crippen molar-refractivity contribution in [2.75, 3.05) is 13.2 Å². The number of amides is 1. The Kier molecular flexibility index (Phi) is 6.22. The molecule has 0 unspecified atom stereocenters. The summed E-state index contributed by atoms with van der Waals surface area (Å²) in [5.41, 5.74) is 6.75. The Labute approximate surface area is 109 Å². The molecule has 100 valence electrons. The average Bonchev–Trinajstić information content (AvgIpc) is 2.37. The van der Waals surface area contributed by atoms with Gasteiger partial charge >= 0.3 is 0 Å². The number of unbranched alkanes of at least 4 members (excludes halogenated alkanes) is 1. The molecule has 0 fully saturated rings. The van der Waals surface area contributed by atoms with E-state index in [1.54, 1.807) is 0 Å². The van der Waals surface area contributed by atoms with Gasteiger partial charge in [-0.3, -0.25) is 4.79 Å². The molecule has 0 saturated heterocycles. The number of nitrogens with one attached hydrogen (secondary N) is 1. The highest BCUT2D eigenvalue weighted by Crippen LogP contribution is 2.22. The van der Waals surface area contributed by atoms with Crippen LogP contribution in [-0.2, 0) is 4.79 Å². The van der Waals surface area contributed by atoms with Crippen molar-refractivity contribution in [3.8, 4) is 5.75 Å². The number of carbonyl (C=O) groups is 1. The third kappa shape index (κ3) is 4.75. The summed E-state index contributed by atoms with van der Waals surface area (Å²) in [7, 11) is 0. The zero-order valence-corrected chi connectivity index (χ0v) is 11.1. The first-order valence-corrected chi connectivity index (χ1v) is 6.39. The first-order chi connectivity index (χ1) is 8.65. The van der Waals surface area contributed by atoms with Crippen molar-refractivity contribution in [3.05, 3.63) is 29.8 Å². The molecule has 4 nitrogen and oxygen atoms in total. The Balaban J connectivity index is 2.45. The van der Waals surface area contributed by atoms with Crippen LogP contribution < -0.4 is 15.8 Å². The number of rotatable bonds is 7. The number of carbonyl (C=O) groups excluding carboxylic acids is 1. The van der Waals surface area contributed by atoms with Crippen molar-refractivity contribution >= 4 is 5.91 Å². The molecule has 0 spiro atoms. The normalized spacial score (nSPS) is 11.9. The topological polar surface area (TPSA) is 64.3 Å². The summed E-state index contributed by atoms with van der Waals surface area (Å²) in [5, 5.41) is 2.81. The lowest BCUT2D eigenvalue weighted by Gasteiger charge is -2.13. The molecule has 1 atom stereocenters. The van der Waals surface area contributed by atoms with Gasteiger partial charge < -0.3 is 15.8 Å². The first kappa shape index (κ1) is 14.5. The second kappa shape index (κ2) is 7.71. The predicted octanol–water partition coefficient (Wildman–Crippen LogP) is 2.00. The Hall–Kier alpha value is -1.55. The minimum atomic E-state index is -0.107. The van der Waals surface area contributed by atoms with Gasteiger partial charge in [0, 0.05) is 18.2 Å². The number of nitrogens with two attached hydrogens (primary N) is 1. The standard InChI is InChI=1S/C14H22N2O2/c1-3-4-9-16-14(17)10-18-13-8-6-5-7-12(13)11(2)15/h5-8,11H,3-4,9-10,15H2,1-2H3,(H,16,17)/t11-/m0/s1. The van der Waals surface area contributed by atoms with Gasteiger partial charge in [-0.25, -0.2) is 0 Å². The van der Waals surface area contributed by atoms with E-state index in [-0.39, 0.29) is 18.6 Å². The lowest BCUT2D eigenvalue weighted by molar-refractivity contribution is -0.123. The number of benzene rings is 1. The van der Waals surface area contributed by atoms with Gasteiger partial charge in [0.1, 0.15) is 5.75 Å². The van der Waals surface area contributed by atoms with E-state index in [9.17, 15) is 4.79 Å². The Morgan fingerprint density at radius 1 is 1.44 bits per heavy atom. The Bertz CT molecular complexity index is 378. The van der Waals surface area contributed by atoms with Crippen LogP contribution in [0.2, 0.25) is 0 Å². The summed E-state index contributed by atoms with van der Waals surface area (Å²) in [4.78, 5) is 11.5. The third-order valence-corrected chi connectivity index (χ3v) is 2.62. The van der Waals surface area contributed by atoms with E-state index < -0.39 is 0 Å². The molecule has 1 amide bonds. The first-order valence-electron chi connectivity index (χ1n) is 6.39. The molecule has 0 aromatic heterocycles. The average molecular weight is 250 g/mol. The highest BCUT2D eigenvalue weighted by atomic mass is 16.5. The van der Waals surface area contributed by atoms with Crippen molar-refractivity contribution in [1.82, 2.24) is 5.32 Å². The van der Waals surface area contributed by atoms with Crippen molar-refractivity contribution < 1.29 is 9.53 Å². The molecule has 4 heteroatoms. The summed E-state index contributed by atoms with van der Waals surface area (Å²) in [6, 6.07) is 7.42. The van der Waals surface area contributed by atoms with Crippen LogP contribution >= 0.6 is 0 Å². The molecule has 18 heavy (non-hydrogen) atoms. The Morgan fingerprint density at radius 2 is 2.17 bits per heavy atom. The molecule has 0 bridgehead atoms. The van der Waals surface area contributed by atoms with Crippen LogP contribution in [0.15, 0.2) is 24.3 Å². The predicted molar refractivity (Wildman–Crippen MR) is 72.5 cm³/mol. The molecule has 1 aromatic rings. The van der Waals surface area contributed by atoms with Crippen LogP contribution in [0.3, 0.4) is 0 Å². The van der Waals surface area contributed by atoms with Gasteiger partial charge in [0.05, 0.1) is 0 Å². The number of ether oxygens (including phenoxy) is 1. The second-order valence-corrected chi connectivity index (χ2v) is 4.32. The third-order valence-electron chi connectivity index (χ3n) is 2.62. The smallest absolute Gasteiger partial charge is 0.257 e. The van der Waals surface area contributed by atoms with Crippen molar-refractivity contribution in [1.29, 1.82) is 0 Å². The Morgan fingerprint density at radius 3 is 2.83 bits per heavy atom. The number of para-hydroxylation sites is 1. The second-order valence-electron chi connectivity index (χ2n) is 4.32.